The van der Waals surface area contributed by atoms with Gasteiger partial charge in [-0.05, 0) is 30.7 Å². The minimum absolute atomic E-state index is 0.155. The highest BCUT2D eigenvalue weighted by Crippen LogP contribution is 2.27. The third-order valence-electron chi connectivity index (χ3n) is 2.37. The Kier molecular flexibility index (Phi) is 4.74. The Morgan fingerprint density at radius 2 is 2.21 bits per heavy atom. The second kappa shape index (κ2) is 6.32. The molecular weight excluding hydrogens is 305 g/mol. The van der Waals surface area contributed by atoms with Crippen molar-refractivity contribution in [3.63, 3.8) is 0 Å². The monoisotopic (exact) mass is 315 g/mol. The Labute approximate surface area is 124 Å². The van der Waals surface area contributed by atoms with E-state index in [1.807, 2.05) is 6.07 Å². The van der Waals surface area contributed by atoms with E-state index < -0.39 is 0 Å². The van der Waals surface area contributed by atoms with E-state index in [2.05, 4.69) is 14.8 Å². The van der Waals surface area contributed by atoms with E-state index in [0.29, 0.717) is 21.6 Å². The maximum absolute atomic E-state index is 11.3. The fraction of sp³-hybridized carbons (Fsp3) is 0.167. The molecule has 0 aliphatic rings. The first-order chi connectivity index (χ1) is 9.08. The maximum atomic E-state index is 11.3. The standard InChI is InChI=1S/C12H11Cl2N3OS/c1-7-4-11(18)16-12(15-7)19-6-8-5-9(17-14)2-3-10(8)13/h2-5,17H,6H2,1H3,(H,15,16,18). The van der Waals surface area contributed by atoms with Gasteiger partial charge in [-0.3, -0.25) is 9.63 Å². The van der Waals surface area contributed by atoms with Crippen LogP contribution in [0.2, 0.25) is 5.02 Å². The summed E-state index contributed by atoms with van der Waals surface area (Å²) in [6, 6.07) is 6.87. The number of aryl methyl sites for hydroxylation is 1. The highest BCUT2D eigenvalue weighted by atomic mass is 35.5. The number of rotatable bonds is 4. The summed E-state index contributed by atoms with van der Waals surface area (Å²) in [5.41, 5.74) is 2.22. The molecule has 0 saturated carbocycles. The van der Waals surface area contributed by atoms with Crippen molar-refractivity contribution in [3.8, 4) is 0 Å². The van der Waals surface area contributed by atoms with Crippen LogP contribution in [0.25, 0.3) is 0 Å². The van der Waals surface area contributed by atoms with Gasteiger partial charge in [-0.15, -0.1) is 0 Å². The van der Waals surface area contributed by atoms with Crippen LogP contribution in [0, 0.1) is 6.92 Å². The van der Waals surface area contributed by atoms with Gasteiger partial charge < -0.3 is 4.98 Å². The van der Waals surface area contributed by atoms with E-state index in [4.69, 9.17) is 23.4 Å². The van der Waals surface area contributed by atoms with Crippen LogP contribution in [-0.4, -0.2) is 9.97 Å². The number of thioether (sulfide) groups is 1. The van der Waals surface area contributed by atoms with Crippen LogP contribution in [0.5, 0.6) is 0 Å². The molecule has 2 aromatic rings. The summed E-state index contributed by atoms with van der Waals surface area (Å²) in [5, 5.41) is 1.23. The molecule has 0 unspecified atom stereocenters. The lowest BCUT2D eigenvalue weighted by Crippen LogP contribution is -2.08. The lowest BCUT2D eigenvalue weighted by Gasteiger charge is -2.06. The van der Waals surface area contributed by atoms with E-state index >= 15 is 0 Å². The Morgan fingerprint density at radius 1 is 1.42 bits per heavy atom. The zero-order chi connectivity index (χ0) is 13.8. The average Bonchev–Trinajstić information content (AvgIpc) is 2.37. The number of benzene rings is 1. The first-order valence-electron chi connectivity index (χ1n) is 5.44. The lowest BCUT2D eigenvalue weighted by molar-refractivity contribution is 0.905. The van der Waals surface area contributed by atoms with Crippen molar-refractivity contribution in [2.45, 2.75) is 17.8 Å². The molecule has 0 saturated heterocycles. The number of aromatic amines is 1. The number of nitrogens with zero attached hydrogens (tertiary/aromatic N) is 1. The molecular formula is C12H11Cl2N3OS. The maximum Gasteiger partial charge on any atom is 0.251 e. The minimum Gasteiger partial charge on any atom is -0.301 e. The Morgan fingerprint density at radius 3 is 2.89 bits per heavy atom. The number of hydrogen-bond donors (Lipinski definition) is 2. The van der Waals surface area contributed by atoms with Gasteiger partial charge in [0.25, 0.3) is 5.56 Å². The van der Waals surface area contributed by atoms with Crippen LogP contribution in [0.1, 0.15) is 11.3 Å². The Bertz CT molecular complexity index is 645. The average molecular weight is 316 g/mol. The van der Waals surface area contributed by atoms with Crippen LogP contribution < -0.4 is 10.4 Å². The third kappa shape index (κ3) is 3.89. The molecule has 0 amide bonds. The lowest BCUT2D eigenvalue weighted by atomic mass is 10.2. The van der Waals surface area contributed by atoms with Crippen LogP contribution in [0.15, 0.2) is 34.2 Å². The fourth-order valence-corrected chi connectivity index (χ4v) is 2.80. The number of anilines is 1. The van der Waals surface area contributed by atoms with Crippen molar-refractivity contribution in [1.82, 2.24) is 9.97 Å². The molecule has 1 heterocycles. The normalized spacial score (nSPS) is 10.5. The fourth-order valence-electron chi connectivity index (χ4n) is 1.51. The molecule has 7 heteroatoms. The molecule has 2 N–H and O–H groups in total. The SMILES string of the molecule is Cc1cc(=O)[nH]c(SCc2cc(NCl)ccc2Cl)n1. The Balaban J connectivity index is 2.16. The quantitative estimate of drug-likeness (QED) is 0.514. The summed E-state index contributed by atoms with van der Waals surface area (Å²) in [6.07, 6.45) is 0. The molecule has 0 aliphatic carbocycles. The van der Waals surface area contributed by atoms with E-state index in [1.165, 1.54) is 17.8 Å². The van der Waals surface area contributed by atoms with Gasteiger partial charge in [-0.2, -0.15) is 0 Å². The van der Waals surface area contributed by atoms with E-state index in [9.17, 15) is 4.79 Å². The van der Waals surface area contributed by atoms with Gasteiger partial charge in [0.2, 0.25) is 0 Å². The molecule has 0 aliphatic heterocycles. The van der Waals surface area contributed by atoms with Crippen molar-refractivity contribution in [2.75, 3.05) is 4.84 Å². The summed E-state index contributed by atoms with van der Waals surface area (Å²) in [5.74, 6) is 0.595. The topological polar surface area (TPSA) is 57.8 Å². The number of hydrogen-bond acceptors (Lipinski definition) is 4. The van der Waals surface area contributed by atoms with Gasteiger partial charge in [0.15, 0.2) is 5.16 Å². The van der Waals surface area contributed by atoms with Crippen molar-refractivity contribution in [1.29, 1.82) is 0 Å². The number of aromatic nitrogens is 2. The first kappa shape index (κ1) is 14.2. The zero-order valence-electron chi connectivity index (χ0n) is 10.0. The second-order valence-corrected chi connectivity index (χ2v) is 5.44. The van der Waals surface area contributed by atoms with Gasteiger partial charge in [0.05, 0.1) is 0 Å². The van der Waals surface area contributed by atoms with Crippen molar-refractivity contribution >= 4 is 40.8 Å². The largest absolute Gasteiger partial charge is 0.301 e. The molecule has 0 atom stereocenters. The van der Waals surface area contributed by atoms with Crippen LogP contribution in [0.4, 0.5) is 5.69 Å². The van der Waals surface area contributed by atoms with Gasteiger partial charge in [-0.1, -0.05) is 23.4 Å². The summed E-state index contributed by atoms with van der Waals surface area (Å²) in [7, 11) is 0. The number of nitrogens with one attached hydrogen (secondary N) is 2. The molecule has 100 valence electrons. The summed E-state index contributed by atoms with van der Waals surface area (Å²) in [6.45, 7) is 1.78. The van der Waals surface area contributed by atoms with Gasteiger partial charge in [-0.25, -0.2) is 4.98 Å². The van der Waals surface area contributed by atoms with Crippen LogP contribution in [-0.2, 0) is 5.75 Å². The third-order valence-corrected chi connectivity index (χ3v) is 3.88. The Hall–Kier alpha value is -1.17. The molecule has 2 rings (SSSR count). The smallest absolute Gasteiger partial charge is 0.251 e. The highest BCUT2D eigenvalue weighted by Gasteiger charge is 2.05. The molecule has 0 radical (unpaired) electrons. The summed E-state index contributed by atoms with van der Waals surface area (Å²) < 4.78 is 0. The van der Waals surface area contributed by atoms with Gasteiger partial charge >= 0.3 is 0 Å². The predicted octanol–water partition coefficient (Wildman–Crippen LogP) is 3.59. The van der Waals surface area contributed by atoms with Crippen LogP contribution >= 0.6 is 35.1 Å². The molecule has 4 nitrogen and oxygen atoms in total. The second-order valence-electron chi connectivity index (χ2n) is 3.88. The van der Waals surface area contributed by atoms with Gasteiger partial charge in [0, 0.05) is 40.0 Å². The summed E-state index contributed by atoms with van der Waals surface area (Å²) in [4.78, 5) is 20.8. The van der Waals surface area contributed by atoms with Crippen LogP contribution in [0.3, 0.4) is 0 Å². The van der Waals surface area contributed by atoms with Crippen molar-refractivity contribution in [2.24, 2.45) is 0 Å². The molecule has 1 aromatic heterocycles. The first-order valence-corrected chi connectivity index (χ1v) is 7.18. The number of halogens is 2. The van der Waals surface area contributed by atoms with E-state index in [1.54, 1.807) is 19.1 Å². The highest BCUT2D eigenvalue weighted by molar-refractivity contribution is 7.98. The molecule has 0 bridgehead atoms. The summed E-state index contributed by atoms with van der Waals surface area (Å²) >= 11 is 13.1. The van der Waals surface area contributed by atoms with E-state index in [-0.39, 0.29) is 5.56 Å². The number of H-pyrrole nitrogens is 1. The molecule has 0 fully saturated rings. The predicted molar refractivity (Wildman–Crippen MR) is 80.1 cm³/mol. The van der Waals surface area contributed by atoms with Crippen molar-refractivity contribution < 1.29 is 0 Å². The van der Waals surface area contributed by atoms with Crippen molar-refractivity contribution in [3.05, 3.63) is 50.9 Å². The molecule has 1 aromatic carbocycles. The zero-order valence-corrected chi connectivity index (χ0v) is 12.4. The van der Waals surface area contributed by atoms with Gasteiger partial charge in [0.1, 0.15) is 0 Å². The molecule has 0 spiro atoms. The van der Waals surface area contributed by atoms with E-state index in [0.717, 1.165) is 11.3 Å². The minimum atomic E-state index is -0.155. The molecule has 19 heavy (non-hydrogen) atoms.